The Morgan fingerprint density at radius 1 is 0.875 bits per heavy atom. The first-order chi connectivity index (χ1) is 3.71. The van der Waals surface area contributed by atoms with Crippen molar-refractivity contribution in [2.75, 3.05) is 27.2 Å². The highest BCUT2D eigenvalue weighted by Crippen LogP contribution is 2.11. The van der Waals surface area contributed by atoms with Gasteiger partial charge in [0.2, 0.25) is 0 Å². The topological polar surface area (TPSA) is 0 Å². The van der Waals surface area contributed by atoms with Crippen molar-refractivity contribution in [3.63, 3.8) is 0 Å². The lowest BCUT2D eigenvalue weighted by Crippen LogP contribution is -2.43. The van der Waals surface area contributed by atoms with E-state index in [1.165, 1.54) is 36.8 Å². The molecule has 1 aliphatic rings. The monoisotopic (exact) mass is 115 g/mol. The number of likely N-dealkylation sites (tertiary alicyclic amines) is 1. The van der Waals surface area contributed by atoms with Crippen LogP contribution in [0.2, 0.25) is 0 Å². The molecule has 8 heavy (non-hydrogen) atoms. The molecule has 1 heterocycles. The molecule has 1 nitrogen and oxygen atoms in total. The number of hydrogen-bond acceptors (Lipinski definition) is 0. The molecule has 0 saturated carbocycles. The van der Waals surface area contributed by atoms with Crippen LogP contribution in [0, 0.1) is 0 Å². The first-order valence-electron chi connectivity index (χ1n) is 3.53. The predicted molar refractivity (Wildman–Crippen MR) is 35.7 cm³/mol. The predicted octanol–water partition coefficient (Wildman–Crippen LogP) is 1.25. The van der Waals surface area contributed by atoms with Gasteiger partial charge in [0.05, 0.1) is 27.2 Å². The molecule has 0 aromatic carbocycles. The van der Waals surface area contributed by atoms with Crippen molar-refractivity contribution in [3.8, 4) is 0 Å². The molecule has 48 valence electrons. The Balaban J connectivity index is 2.33. The molecule has 0 spiro atoms. The van der Waals surface area contributed by atoms with Crippen molar-refractivity contribution in [3.05, 3.63) is 0 Å². The van der Waals surface area contributed by atoms with E-state index in [4.69, 9.17) is 0 Å². The van der Waals surface area contributed by atoms with Gasteiger partial charge in [-0.3, -0.25) is 0 Å². The van der Waals surface area contributed by atoms with Gasteiger partial charge < -0.3 is 4.48 Å². The average molecular weight is 115 g/mol. The van der Waals surface area contributed by atoms with Crippen molar-refractivity contribution >= 4 is 0 Å². The summed E-state index contributed by atoms with van der Waals surface area (Å²) in [6.07, 6.45) is 4.34. The van der Waals surface area contributed by atoms with Crippen LogP contribution in [0.15, 0.2) is 0 Å². The van der Waals surface area contributed by atoms with E-state index in [-0.39, 0.29) is 0 Å². The lowest BCUT2D eigenvalue weighted by atomic mass is 10.1. The first kappa shape index (κ1) is 6.09. The molecule has 0 N–H and O–H groups in total. The normalized spacial score (nSPS) is 27.8. The maximum atomic E-state index is 2.32. The third-order valence-electron chi connectivity index (χ3n) is 2.03. The summed E-state index contributed by atoms with van der Waals surface area (Å²) >= 11 is 0. The molecule has 1 saturated heterocycles. The molecule has 0 aromatic rings. The van der Waals surface area contributed by atoms with Crippen LogP contribution in [0.1, 0.15) is 19.3 Å². The lowest BCUT2D eigenvalue weighted by molar-refractivity contribution is -0.894. The molecule has 1 aliphatic heterocycles. The largest absolute Gasteiger partial charge is 0.328 e. The average Bonchev–Trinajstić information content (AvgIpc) is 1.65. The summed E-state index contributed by atoms with van der Waals surface area (Å²) in [5.74, 6) is 0. The Bertz CT molecular complexity index is 68.5. The third-order valence-corrected chi connectivity index (χ3v) is 2.03. The highest BCUT2D eigenvalue weighted by atomic mass is 15.4. The first-order valence-corrected chi connectivity index (χ1v) is 3.53. The van der Waals surface area contributed by atoms with E-state index >= 15 is 0 Å². The van der Waals surface area contributed by atoms with Gasteiger partial charge in [-0.25, -0.2) is 0 Å². The summed E-state index contributed by atoms with van der Waals surface area (Å²) in [4.78, 5) is 0. The molecule has 0 unspecified atom stereocenters. The molecule has 0 aromatic heterocycles. The van der Waals surface area contributed by atoms with Crippen molar-refractivity contribution in [1.29, 1.82) is 0 Å². The highest BCUT2D eigenvalue weighted by molar-refractivity contribution is 4.47. The lowest BCUT2D eigenvalue weighted by Gasteiger charge is -2.33. The van der Waals surface area contributed by atoms with E-state index in [1.807, 2.05) is 0 Å². The minimum absolute atomic E-state index is 1.25. The fourth-order valence-corrected chi connectivity index (χ4v) is 1.37. The minimum Gasteiger partial charge on any atom is -0.328 e. The van der Waals surface area contributed by atoms with Crippen LogP contribution in [-0.4, -0.2) is 31.7 Å². The van der Waals surface area contributed by atoms with Crippen LogP contribution in [0.5, 0.6) is 0 Å². The van der Waals surface area contributed by atoms with Gasteiger partial charge in [0.25, 0.3) is 0 Å². The fourth-order valence-electron chi connectivity index (χ4n) is 1.37. The number of piperidine rings is 1. The summed E-state index contributed by atoms with van der Waals surface area (Å²) in [5.41, 5.74) is 0. The van der Waals surface area contributed by atoms with Gasteiger partial charge in [0.1, 0.15) is 0 Å². The fraction of sp³-hybridized carbons (Fsp3) is 1.00. The van der Waals surface area contributed by atoms with E-state index in [2.05, 4.69) is 14.1 Å². The molecule has 0 atom stereocenters. The molecular weight excluding hydrogens is 99.1 g/mol. The molecule has 0 aliphatic carbocycles. The van der Waals surface area contributed by atoms with Gasteiger partial charge in [0, 0.05) is 0 Å². The zero-order valence-corrected chi connectivity index (χ0v) is 5.98. The van der Waals surface area contributed by atoms with E-state index in [1.54, 1.807) is 0 Å². The summed E-state index contributed by atoms with van der Waals surface area (Å²) in [7, 11) is 4.64. The summed E-state index contributed by atoms with van der Waals surface area (Å²) in [6, 6.07) is 0. The van der Waals surface area contributed by atoms with Crippen molar-refractivity contribution < 1.29 is 4.48 Å². The Morgan fingerprint density at radius 3 is 1.62 bits per heavy atom. The van der Waals surface area contributed by atoms with Crippen molar-refractivity contribution in [1.82, 2.24) is 0 Å². The van der Waals surface area contributed by atoms with Gasteiger partial charge in [-0.05, 0) is 19.3 Å². The van der Waals surface area contributed by atoms with Crippen LogP contribution < -0.4 is 0 Å². The van der Waals surface area contributed by atoms with Crippen LogP contribution in [0.4, 0.5) is 0 Å². The molecule has 1 rings (SSSR count). The van der Waals surface area contributed by atoms with Gasteiger partial charge >= 0.3 is 0 Å². The second kappa shape index (κ2) is 2.06. The van der Waals surface area contributed by atoms with Crippen LogP contribution in [0.3, 0.4) is 0 Å². The number of nitrogens with zero attached hydrogens (tertiary/aromatic N) is 1. The molecular formula is C7H16N+. The Kier molecular flexibility index (Phi) is 1.57. The second-order valence-electron chi connectivity index (χ2n) is 3.44. The second-order valence-corrected chi connectivity index (χ2v) is 3.44. The quantitative estimate of drug-likeness (QED) is 0.329. The zero-order chi connectivity index (χ0) is 6.04. The van der Waals surface area contributed by atoms with Gasteiger partial charge in [0.15, 0.2) is 0 Å². The third kappa shape index (κ3) is 1.48. The summed E-state index contributed by atoms with van der Waals surface area (Å²) in [6.45, 7) is 2.78. The van der Waals surface area contributed by atoms with Crippen molar-refractivity contribution in [2.24, 2.45) is 0 Å². The summed E-state index contributed by atoms with van der Waals surface area (Å²) in [5, 5.41) is 0. The maximum Gasteiger partial charge on any atom is 0.0782 e. The Labute approximate surface area is 51.9 Å². The van der Waals surface area contributed by atoms with E-state index in [0.717, 1.165) is 0 Å². The summed E-state index contributed by atoms with van der Waals surface area (Å²) < 4.78 is 1.25. The smallest absolute Gasteiger partial charge is 0.0782 e. The van der Waals surface area contributed by atoms with Crippen LogP contribution in [0.25, 0.3) is 0 Å². The van der Waals surface area contributed by atoms with Gasteiger partial charge in [-0.1, -0.05) is 0 Å². The maximum absolute atomic E-state index is 2.32. The van der Waals surface area contributed by atoms with E-state index in [0.29, 0.717) is 0 Å². The highest BCUT2D eigenvalue weighted by Gasteiger charge is 2.17. The standard InChI is InChI=1S/C7H16N/c1-8(2)6-4-3-5-7-8/h3-7H2,1-2H3/q+1/i1+1. The molecule has 0 amide bonds. The Hall–Kier alpha value is -0.0400. The van der Waals surface area contributed by atoms with E-state index in [9.17, 15) is 0 Å². The van der Waals surface area contributed by atoms with Gasteiger partial charge in [-0.2, -0.15) is 0 Å². The van der Waals surface area contributed by atoms with Crippen molar-refractivity contribution in [2.45, 2.75) is 19.3 Å². The van der Waals surface area contributed by atoms with E-state index < -0.39 is 0 Å². The SMILES string of the molecule is C[N+]1([13CH3])CCCCC1. The molecule has 1 heteroatoms. The molecule has 1 fully saturated rings. The number of hydrogen-bond donors (Lipinski definition) is 0. The molecule has 0 radical (unpaired) electrons. The minimum atomic E-state index is 1.25. The number of rotatable bonds is 0. The van der Waals surface area contributed by atoms with Crippen LogP contribution in [-0.2, 0) is 0 Å². The van der Waals surface area contributed by atoms with Crippen LogP contribution >= 0.6 is 0 Å². The number of quaternary nitrogens is 1. The Morgan fingerprint density at radius 2 is 1.38 bits per heavy atom. The molecule has 0 bridgehead atoms. The zero-order valence-electron chi connectivity index (χ0n) is 5.98. The van der Waals surface area contributed by atoms with Gasteiger partial charge in [-0.15, -0.1) is 0 Å².